The van der Waals surface area contributed by atoms with Crippen molar-refractivity contribution in [1.82, 2.24) is 10.4 Å². The summed E-state index contributed by atoms with van der Waals surface area (Å²) in [6.45, 7) is 2.81. The molecule has 1 aliphatic heterocycles. The highest BCUT2D eigenvalue weighted by atomic mass is 16.5. The number of unbranched alkanes of at least 4 members (excludes halogenated alkanes) is 3. The Morgan fingerprint density at radius 2 is 1.96 bits per heavy atom. The minimum absolute atomic E-state index is 0.107. The number of ether oxygens (including phenoxy) is 1. The van der Waals surface area contributed by atoms with E-state index in [1.165, 1.54) is 4.90 Å². The second-order valence-electron chi connectivity index (χ2n) is 6.37. The fourth-order valence-corrected chi connectivity index (χ4v) is 3.00. The molecule has 0 spiro atoms. The van der Waals surface area contributed by atoms with Gasteiger partial charge in [-0.1, -0.05) is 31.0 Å². The summed E-state index contributed by atoms with van der Waals surface area (Å²) >= 11 is 0. The molecule has 0 bridgehead atoms. The summed E-state index contributed by atoms with van der Waals surface area (Å²) in [6, 6.07) is 7.43. The van der Waals surface area contributed by atoms with Crippen molar-refractivity contribution in [2.45, 2.75) is 45.4 Å². The van der Waals surface area contributed by atoms with Gasteiger partial charge in [-0.15, -0.1) is 0 Å². The van der Waals surface area contributed by atoms with Gasteiger partial charge >= 0.3 is 0 Å². The van der Waals surface area contributed by atoms with Crippen molar-refractivity contribution in [1.29, 1.82) is 0 Å². The lowest BCUT2D eigenvalue weighted by molar-refractivity contribution is -0.137. The number of nitrogens with one attached hydrogen (secondary N) is 1. The zero-order valence-electron chi connectivity index (χ0n) is 15.6. The van der Waals surface area contributed by atoms with Crippen LogP contribution in [0.25, 0.3) is 6.08 Å². The van der Waals surface area contributed by atoms with Crippen LogP contribution in [0.5, 0.6) is 5.75 Å². The highest BCUT2D eigenvalue weighted by Gasteiger charge is 2.33. The number of imide groups is 1. The number of carbonyl (C=O) groups excluding carboxylic acids is 3. The number of hydrogen-bond donors (Lipinski definition) is 2. The van der Waals surface area contributed by atoms with E-state index in [0.29, 0.717) is 37.3 Å². The number of benzene rings is 1. The third-order valence-corrected chi connectivity index (χ3v) is 4.37. The summed E-state index contributed by atoms with van der Waals surface area (Å²) in [5.74, 6) is -0.133. The average Bonchev–Trinajstić information content (AvgIpc) is 2.93. The molecule has 0 aliphatic carbocycles. The summed E-state index contributed by atoms with van der Waals surface area (Å²) in [5.41, 5.74) is 2.87. The number of carbonyl (C=O) groups is 3. The molecule has 1 aromatic rings. The molecule has 1 fully saturated rings. The van der Waals surface area contributed by atoms with E-state index in [0.717, 1.165) is 18.4 Å². The minimum Gasteiger partial charge on any atom is -0.493 e. The van der Waals surface area contributed by atoms with E-state index < -0.39 is 5.91 Å². The van der Waals surface area contributed by atoms with Crippen molar-refractivity contribution in [2.75, 3.05) is 13.2 Å². The standard InChI is InChI=1S/C20H26N2O5/c1-2-27-17-10-7-6-9-15(17)13-16-14-19(24)22(20(16)25)12-8-4-3-5-11-18(23)21-26/h6-7,9-10,13,26H,2-5,8,11-12,14H2,1H3,(H,21,23). The fourth-order valence-electron chi connectivity index (χ4n) is 3.00. The highest BCUT2D eigenvalue weighted by molar-refractivity contribution is 6.15. The molecule has 1 aromatic carbocycles. The number of hydrogen-bond acceptors (Lipinski definition) is 5. The van der Waals surface area contributed by atoms with Gasteiger partial charge in [0.25, 0.3) is 5.91 Å². The molecule has 1 aliphatic rings. The third kappa shape index (κ3) is 5.92. The van der Waals surface area contributed by atoms with E-state index in [9.17, 15) is 14.4 Å². The molecule has 146 valence electrons. The van der Waals surface area contributed by atoms with E-state index in [4.69, 9.17) is 9.94 Å². The van der Waals surface area contributed by atoms with Gasteiger partial charge in [0.15, 0.2) is 0 Å². The van der Waals surface area contributed by atoms with E-state index in [1.807, 2.05) is 31.2 Å². The van der Waals surface area contributed by atoms with Gasteiger partial charge in [0.1, 0.15) is 5.75 Å². The van der Waals surface area contributed by atoms with Crippen LogP contribution in [-0.4, -0.2) is 41.0 Å². The van der Waals surface area contributed by atoms with E-state index in [-0.39, 0.29) is 24.7 Å². The Kier molecular flexibility index (Phi) is 8.00. The predicted octanol–water partition coefficient (Wildman–Crippen LogP) is 2.68. The van der Waals surface area contributed by atoms with Crippen LogP contribution in [0.2, 0.25) is 0 Å². The molecule has 7 nitrogen and oxygen atoms in total. The molecule has 27 heavy (non-hydrogen) atoms. The molecular formula is C20H26N2O5. The normalized spacial score (nSPS) is 15.5. The maximum Gasteiger partial charge on any atom is 0.256 e. The summed E-state index contributed by atoms with van der Waals surface area (Å²) in [6.07, 6.45) is 5.07. The van der Waals surface area contributed by atoms with Crippen LogP contribution in [0, 0.1) is 0 Å². The second-order valence-corrected chi connectivity index (χ2v) is 6.37. The molecule has 7 heteroatoms. The summed E-state index contributed by atoms with van der Waals surface area (Å²) < 4.78 is 5.57. The molecule has 1 saturated heterocycles. The zero-order valence-corrected chi connectivity index (χ0v) is 15.6. The SMILES string of the molecule is CCOc1ccccc1C=C1CC(=O)N(CCCCCCC(=O)NO)C1=O. The molecule has 0 atom stereocenters. The Hall–Kier alpha value is -2.67. The number of nitrogens with zero attached hydrogens (tertiary/aromatic N) is 1. The Labute approximate surface area is 159 Å². The van der Waals surface area contributed by atoms with Crippen molar-refractivity contribution >= 4 is 23.8 Å². The number of amides is 3. The van der Waals surface area contributed by atoms with Gasteiger partial charge in [-0.05, 0) is 31.9 Å². The molecule has 1 heterocycles. The van der Waals surface area contributed by atoms with E-state index >= 15 is 0 Å². The van der Waals surface area contributed by atoms with Crippen molar-refractivity contribution in [2.24, 2.45) is 0 Å². The van der Waals surface area contributed by atoms with E-state index in [1.54, 1.807) is 11.6 Å². The van der Waals surface area contributed by atoms with Gasteiger partial charge in [0, 0.05) is 24.1 Å². The Morgan fingerprint density at radius 1 is 1.22 bits per heavy atom. The van der Waals surface area contributed by atoms with Gasteiger partial charge in [0.05, 0.1) is 13.0 Å². The number of likely N-dealkylation sites (tertiary alicyclic amines) is 1. The van der Waals surface area contributed by atoms with Gasteiger partial charge in [-0.25, -0.2) is 5.48 Å². The molecule has 0 aromatic heterocycles. The average molecular weight is 374 g/mol. The predicted molar refractivity (Wildman–Crippen MR) is 99.9 cm³/mol. The summed E-state index contributed by atoms with van der Waals surface area (Å²) in [7, 11) is 0. The Morgan fingerprint density at radius 3 is 2.70 bits per heavy atom. The first kappa shape index (κ1) is 20.6. The molecule has 0 saturated carbocycles. The lowest BCUT2D eigenvalue weighted by Gasteiger charge is -2.13. The fraction of sp³-hybridized carbons (Fsp3) is 0.450. The Bertz CT molecular complexity index is 714. The zero-order chi connectivity index (χ0) is 19.6. The van der Waals surface area contributed by atoms with Crippen LogP contribution >= 0.6 is 0 Å². The molecular weight excluding hydrogens is 348 g/mol. The summed E-state index contributed by atoms with van der Waals surface area (Å²) in [5, 5.41) is 8.42. The smallest absolute Gasteiger partial charge is 0.256 e. The van der Waals surface area contributed by atoms with Crippen LogP contribution < -0.4 is 10.2 Å². The van der Waals surface area contributed by atoms with E-state index in [2.05, 4.69) is 0 Å². The maximum atomic E-state index is 12.6. The molecule has 0 radical (unpaired) electrons. The first-order valence-electron chi connectivity index (χ1n) is 9.26. The largest absolute Gasteiger partial charge is 0.493 e. The van der Waals surface area contributed by atoms with Crippen molar-refractivity contribution < 1.29 is 24.3 Å². The van der Waals surface area contributed by atoms with Gasteiger partial charge in [-0.2, -0.15) is 0 Å². The third-order valence-electron chi connectivity index (χ3n) is 4.37. The van der Waals surface area contributed by atoms with Gasteiger partial charge in [-0.3, -0.25) is 24.5 Å². The van der Waals surface area contributed by atoms with Crippen LogP contribution in [0.15, 0.2) is 29.8 Å². The topological polar surface area (TPSA) is 95.9 Å². The van der Waals surface area contributed by atoms with Crippen molar-refractivity contribution in [3.8, 4) is 5.75 Å². The first-order valence-corrected chi connectivity index (χ1v) is 9.26. The molecule has 2 rings (SSSR count). The maximum absolute atomic E-state index is 12.6. The van der Waals surface area contributed by atoms with Crippen LogP contribution in [-0.2, 0) is 14.4 Å². The second kappa shape index (κ2) is 10.5. The number of rotatable bonds is 10. The molecule has 2 N–H and O–H groups in total. The molecule has 0 unspecified atom stereocenters. The highest BCUT2D eigenvalue weighted by Crippen LogP contribution is 2.26. The van der Waals surface area contributed by atoms with Gasteiger partial charge in [0.2, 0.25) is 11.8 Å². The van der Waals surface area contributed by atoms with Crippen molar-refractivity contribution in [3.63, 3.8) is 0 Å². The van der Waals surface area contributed by atoms with Crippen LogP contribution in [0.4, 0.5) is 0 Å². The minimum atomic E-state index is -0.401. The van der Waals surface area contributed by atoms with Crippen molar-refractivity contribution in [3.05, 3.63) is 35.4 Å². The number of hydroxylamine groups is 1. The quantitative estimate of drug-likeness (QED) is 0.216. The van der Waals surface area contributed by atoms with Crippen LogP contribution in [0.3, 0.4) is 0 Å². The van der Waals surface area contributed by atoms with Gasteiger partial charge < -0.3 is 4.74 Å². The van der Waals surface area contributed by atoms with Crippen LogP contribution in [0.1, 0.15) is 51.0 Å². The molecule has 3 amide bonds. The number of para-hydroxylation sites is 1. The lowest BCUT2D eigenvalue weighted by atomic mass is 10.1. The summed E-state index contributed by atoms with van der Waals surface area (Å²) in [4.78, 5) is 37.0. The monoisotopic (exact) mass is 374 g/mol. The first-order chi connectivity index (χ1) is 13.1. The lowest BCUT2D eigenvalue weighted by Crippen LogP contribution is -2.30. The Balaban J connectivity index is 1.88.